The normalized spacial score (nSPS) is 19.9. The molecule has 2 aliphatic rings. The van der Waals surface area contributed by atoms with Crippen LogP contribution in [0.15, 0.2) is 45.6 Å². The first-order valence-corrected chi connectivity index (χ1v) is 12.1. The van der Waals surface area contributed by atoms with Crippen LogP contribution < -0.4 is 16.2 Å². The molecule has 4 heterocycles. The second-order valence-electron chi connectivity index (χ2n) is 9.19. The van der Waals surface area contributed by atoms with E-state index in [4.69, 9.17) is 9.15 Å². The quantitative estimate of drug-likeness (QED) is 0.406. The summed E-state index contributed by atoms with van der Waals surface area (Å²) in [5.74, 6) is -0.488. The highest BCUT2D eigenvalue weighted by Crippen LogP contribution is 2.31. The zero-order chi connectivity index (χ0) is 25.7. The largest absolute Gasteiger partial charge is 0.438 e. The SMILES string of the molecule is Cc1nc2c(NC(=O)c3ccc4nc(C5CCCO5)oc4c3)cccc2c(=O)n1C1CCC(=O)NC1=O. The van der Waals surface area contributed by atoms with Crippen LogP contribution in [-0.2, 0) is 14.3 Å². The summed E-state index contributed by atoms with van der Waals surface area (Å²) in [5, 5.41) is 5.36. The number of hydrogen-bond donors (Lipinski definition) is 2. The van der Waals surface area contributed by atoms with E-state index in [1.807, 2.05) is 0 Å². The van der Waals surface area contributed by atoms with Gasteiger partial charge in [0.05, 0.1) is 11.1 Å². The molecule has 188 valence electrons. The van der Waals surface area contributed by atoms with Crippen LogP contribution in [0.1, 0.15) is 59.9 Å². The summed E-state index contributed by atoms with van der Waals surface area (Å²) in [4.78, 5) is 59.4. The third-order valence-corrected chi connectivity index (χ3v) is 6.75. The Bertz CT molecular complexity index is 1650. The summed E-state index contributed by atoms with van der Waals surface area (Å²) in [5.41, 5.74) is 1.72. The third kappa shape index (κ3) is 4.06. The van der Waals surface area contributed by atoms with E-state index in [1.54, 1.807) is 43.3 Å². The maximum Gasteiger partial charge on any atom is 0.262 e. The van der Waals surface area contributed by atoms with Crippen molar-refractivity contribution in [1.29, 1.82) is 0 Å². The Morgan fingerprint density at radius 3 is 2.78 bits per heavy atom. The number of aryl methyl sites for hydroxylation is 1. The number of para-hydroxylation sites is 1. The lowest BCUT2D eigenvalue weighted by atomic mass is 10.1. The summed E-state index contributed by atoms with van der Waals surface area (Å²) in [6.45, 7) is 2.29. The lowest BCUT2D eigenvalue weighted by Crippen LogP contribution is -2.45. The van der Waals surface area contributed by atoms with E-state index in [9.17, 15) is 19.2 Å². The van der Waals surface area contributed by atoms with Crippen molar-refractivity contribution >= 4 is 45.4 Å². The molecule has 37 heavy (non-hydrogen) atoms. The molecular formula is C26H23N5O6. The highest BCUT2D eigenvalue weighted by Gasteiger charge is 2.31. The number of anilines is 1. The fraction of sp³-hybridized carbons (Fsp3) is 0.308. The lowest BCUT2D eigenvalue weighted by Gasteiger charge is -2.24. The predicted molar refractivity (Wildman–Crippen MR) is 132 cm³/mol. The number of benzene rings is 2. The first kappa shape index (κ1) is 23.0. The monoisotopic (exact) mass is 501 g/mol. The summed E-state index contributed by atoms with van der Waals surface area (Å²) < 4.78 is 12.8. The number of aromatic nitrogens is 3. The van der Waals surface area contributed by atoms with Gasteiger partial charge in [-0.1, -0.05) is 6.07 Å². The number of rotatable bonds is 4. The number of ether oxygens (including phenoxy) is 1. The van der Waals surface area contributed by atoms with E-state index in [0.717, 1.165) is 12.8 Å². The summed E-state index contributed by atoms with van der Waals surface area (Å²) >= 11 is 0. The zero-order valence-electron chi connectivity index (χ0n) is 19.9. The molecule has 2 unspecified atom stereocenters. The summed E-state index contributed by atoms with van der Waals surface area (Å²) in [6.07, 6.45) is 1.99. The maximum absolute atomic E-state index is 13.4. The van der Waals surface area contributed by atoms with E-state index in [1.165, 1.54) is 4.57 Å². The molecule has 0 bridgehead atoms. The van der Waals surface area contributed by atoms with E-state index >= 15 is 0 Å². The molecule has 4 aromatic rings. The van der Waals surface area contributed by atoms with Crippen LogP contribution in [-0.4, -0.2) is 38.9 Å². The predicted octanol–water partition coefficient (Wildman–Crippen LogP) is 2.93. The van der Waals surface area contributed by atoms with Gasteiger partial charge in [-0.2, -0.15) is 0 Å². The average Bonchev–Trinajstić information content (AvgIpc) is 3.55. The number of fused-ring (bicyclic) bond motifs is 2. The van der Waals surface area contributed by atoms with Crippen molar-refractivity contribution in [3.05, 3.63) is 64.0 Å². The van der Waals surface area contributed by atoms with Crippen LogP contribution in [0.25, 0.3) is 22.0 Å². The van der Waals surface area contributed by atoms with Gasteiger partial charge in [0, 0.05) is 18.6 Å². The molecule has 2 N–H and O–H groups in total. The number of nitrogens with zero attached hydrogens (tertiary/aromatic N) is 3. The maximum atomic E-state index is 13.4. The van der Waals surface area contributed by atoms with Crippen molar-refractivity contribution in [2.45, 2.75) is 44.8 Å². The number of imide groups is 1. The van der Waals surface area contributed by atoms with Gasteiger partial charge >= 0.3 is 0 Å². The average molecular weight is 501 g/mol. The highest BCUT2D eigenvalue weighted by atomic mass is 16.5. The van der Waals surface area contributed by atoms with Crippen molar-refractivity contribution in [3.63, 3.8) is 0 Å². The molecule has 0 radical (unpaired) electrons. The molecule has 2 atom stereocenters. The van der Waals surface area contributed by atoms with E-state index in [2.05, 4.69) is 20.6 Å². The highest BCUT2D eigenvalue weighted by molar-refractivity contribution is 6.09. The Hall–Kier alpha value is -4.38. The van der Waals surface area contributed by atoms with Crippen LogP contribution >= 0.6 is 0 Å². The van der Waals surface area contributed by atoms with Crippen molar-refractivity contribution in [2.75, 3.05) is 11.9 Å². The number of piperidine rings is 1. The number of oxazole rings is 1. The molecule has 11 nitrogen and oxygen atoms in total. The minimum Gasteiger partial charge on any atom is -0.438 e. The number of carbonyl (C=O) groups excluding carboxylic acids is 3. The first-order valence-electron chi connectivity index (χ1n) is 12.1. The molecule has 2 aromatic carbocycles. The molecular weight excluding hydrogens is 478 g/mol. The number of hydrogen-bond acceptors (Lipinski definition) is 8. The van der Waals surface area contributed by atoms with Gasteiger partial charge in [-0.15, -0.1) is 0 Å². The molecule has 2 aliphatic heterocycles. The molecule has 0 spiro atoms. The summed E-state index contributed by atoms with van der Waals surface area (Å²) in [7, 11) is 0. The zero-order valence-corrected chi connectivity index (χ0v) is 19.9. The standard InChI is InChI=1S/C26H23N5O6/c1-13-27-22-15(26(35)31(13)18-9-10-21(32)30-24(18)34)4-2-5-17(22)28-23(33)14-7-8-16-20(12-14)37-25(29-16)19-6-3-11-36-19/h2,4-5,7-8,12,18-19H,3,6,9-11H2,1H3,(H,28,33)(H,30,32,34). The third-order valence-electron chi connectivity index (χ3n) is 6.75. The van der Waals surface area contributed by atoms with Crippen LogP contribution in [0, 0.1) is 6.92 Å². The van der Waals surface area contributed by atoms with Crippen molar-refractivity contribution in [3.8, 4) is 0 Å². The van der Waals surface area contributed by atoms with Gasteiger partial charge < -0.3 is 14.5 Å². The Morgan fingerprint density at radius 1 is 1.14 bits per heavy atom. The Kier molecular flexibility index (Phi) is 5.56. The van der Waals surface area contributed by atoms with Crippen molar-refractivity contribution < 1.29 is 23.5 Å². The van der Waals surface area contributed by atoms with Crippen LogP contribution in [0.2, 0.25) is 0 Å². The number of amides is 3. The fourth-order valence-electron chi connectivity index (χ4n) is 4.91. The van der Waals surface area contributed by atoms with E-state index < -0.39 is 23.4 Å². The molecule has 2 fully saturated rings. The Morgan fingerprint density at radius 2 is 2.00 bits per heavy atom. The molecule has 11 heteroatoms. The van der Waals surface area contributed by atoms with Gasteiger partial charge in [-0.25, -0.2) is 9.97 Å². The van der Waals surface area contributed by atoms with Gasteiger partial charge in [0.25, 0.3) is 11.5 Å². The van der Waals surface area contributed by atoms with Crippen molar-refractivity contribution in [2.24, 2.45) is 0 Å². The van der Waals surface area contributed by atoms with E-state index in [-0.39, 0.29) is 30.2 Å². The van der Waals surface area contributed by atoms with Crippen LogP contribution in [0.4, 0.5) is 5.69 Å². The Labute approximate surface area is 209 Å². The molecule has 0 saturated carbocycles. The van der Waals surface area contributed by atoms with Crippen molar-refractivity contribution in [1.82, 2.24) is 19.9 Å². The number of carbonyl (C=O) groups is 3. The Balaban J connectivity index is 1.31. The molecule has 2 saturated heterocycles. The van der Waals surface area contributed by atoms with E-state index in [0.29, 0.717) is 46.2 Å². The smallest absolute Gasteiger partial charge is 0.262 e. The number of nitrogens with one attached hydrogen (secondary N) is 2. The van der Waals surface area contributed by atoms with Gasteiger partial charge in [0.15, 0.2) is 5.58 Å². The molecule has 6 rings (SSSR count). The second kappa shape index (κ2) is 8.93. The van der Waals surface area contributed by atoms with Gasteiger partial charge in [-0.3, -0.25) is 29.1 Å². The first-order chi connectivity index (χ1) is 17.9. The van der Waals surface area contributed by atoms with Crippen LogP contribution in [0.3, 0.4) is 0 Å². The topological polar surface area (TPSA) is 145 Å². The van der Waals surface area contributed by atoms with Gasteiger partial charge in [0.1, 0.15) is 29.0 Å². The molecule has 0 aliphatic carbocycles. The minimum absolute atomic E-state index is 0.140. The summed E-state index contributed by atoms with van der Waals surface area (Å²) in [6, 6.07) is 9.05. The minimum atomic E-state index is -0.825. The second-order valence-corrected chi connectivity index (χ2v) is 9.19. The van der Waals surface area contributed by atoms with Gasteiger partial charge in [-0.05, 0) is 56.5 Å². The lowest BCUT2D eigenvalue weighted by molar-refractivity contribution is -0.135. The fourth-order valence-corrected chi connectivity index (χ4v) is 4.91. The van der Waals surface area contributed by atoms with Gasteiger partial charge in [0.2, 0.25) is 17.7 Å². The molecule has 3 amide bonds. The van der Waals surface area contributed by atoms with Crippen LogP contribution in [0.5, 0.6) is 0 Å². The molecule has 2 aromatic heterocycles.